The van der Waals surface area contributed by atoms with Gasteiger partial charge in [0.2, 0.25) is 0 Å². The molecular weight excluding hydrogens is 1010 g/mol. The Balaban J connectivity index is 1.86. The summed E-state index contributed by atoms with van der Waals surface area (Å²) < 4.78 is 21.2. The number of hydrogen-bond acceptors (Lipinski definition) is 20. The number of anilines is 1. The van der Waals surface area contributed by atoms with Crippen molar-refractivity contribution in [3.63, 3.8) is 0 Å². The van der Waals surface area contributed by atoms with Gasteiger partial charge in [0.05, 0.1) is 51.3 Å². The summed E-state index contributed by atoms with van der Waals surface area (Å²) in [5, 5.41) is 75.5. The third kappa shape index (κ3) is 25.8. The molecule has 71 heavy (non-hydrogen) atoms. The zero-order chi connectivity index (χ0) is 52.7. The second-order valence-electron chi connectivity index (χ2n) is 16.3. The molecule has 1 saturated heterocycles. The van der Waals surface area contributed by atoms with Crippen LogP contribution in [-0.4, -0.2) is 260 Å². The van der Waals surface area contributed by atoms with Crippen LogP contribution in [0.5, 0.6) is 0 Å². The van der Waals surface area contributed by atoms with Gasteiger partial charge in [-0.05, 0) is 40.9 Å². The van der Waals surface area contributed by atoms with Crippen LogP contribution >= 0.6 is 29.1 Å². The molecule has 1 aliphatic rings. The van der Waals surface area contributed by atoms with Crippen molar-refractivity contribution in [3.05, 3.63) is 48.0 Å². The van der Waals surface area contributed by atoms with Crippen LogP contribution in [0, 0.1) is 0 Å². The van der Waals surface area contributed by atoms with Crippen molar-refractivity contribution in [2.75, 3.05) is 123 Å². The third-order valence-electron chi connectivity index (χ3n) is 10.6. The minimum atomic E-state index is -3.38. The van der Waals surface area contributed by atoms with Crippen LogP contribution in [0.25, 0.3) is 0 Å². The molecule has 12 N–H and O–H groups in total. The zero-order valence-electron chi connectivity index (χ0n) is 38.4. The quantitative estimate of drug-likeness (QED) is 0.0287. The average Bonchev–Trinajstić information content (AvgIpc) is 3.68. The van der Waals surface area contributed by atoms with E-state index in [0.717, 1.165) is 0 Å². The lowest BCUT2D eigenvalue weighted by atomic mass is 10.0. The molecule has 1 aliphatic heterocycles. The number of carboxylic acids is 6. The molecule has 29 nitrogen and oxygen atoms in total. The molecule has 0 saturated carbocycles. The van der Waals surface area contributed by atoms with Gasteiger partial charge in [0.1, 0.15) is 6.54 Å². The molecule has 32 heteroatoms. The summed E-state index contributed by atoms with van der Waals surface area (Å²) in [6.45, 7) is -3.01. The predicted octanol–water partition coefficient (Wildman–Crippen LogP) is -2.80. The first kappa shape index (κ1) is 60.3. The number of benzene rings is 1. The van der Waals surface area contributed by atoms with E-state index >= 15 is 0 Å². The van der Waals surface area contributed by atoms with Crippen LogP contribution in [0.2, 0.25) is 0 Å². The molecule has 2 heterocycles. The Kier molecular flexibility index (Phi) is 26.1. The number of nitrogens with zero attached hydrogens (tertiary/aromatic N) is 8. The lowest BCUT2D eigenvalue weighted by molar-refractivity contribution is -0.283. The lowest BCUT2D eigenvalue weighted by Crippen LogP contribution is -2.52. The molecule has 3 atom stereocenters. The number of nitrogens with one attached hydrogen (secondary N) is 2. The molecule has 1 aromatic heterocycles. The van der Waals surface area contributed by atoms with Gasteiger partial charge in [-0.15, -0.1) is 4.89 Å². The van der Waals surface area contributed by atoms with Crippen LogP contribution in [0.3, 0.4) is 0 Å². The van der Waals surface area contributed by atoms with Crippen LogP contribution in [0.1, 0.15) is 11.3 Å². The summed E-state index contributed by atoms with van der Waals surface area (Å²) in [5.74, 6) is -10.0. The normalized spacial score (nSPS) is 18.4. The highest BCUT2D eigenvalue weighted by molar-refractivity contribution is 7.80. The fourth-order valence-corrected chi connectivity index (χ4v) is 8.46. The van der Waals surface area contributed by atoms with E-state index < -0.39 is 111 Å². The monoisotopic (exact) mass is 1070 g/mol. The minimum absolute atomic E-state index is 0.000296. The lowest BCUT2D eigenvalue weighted by Gasteiger charge is -2.37. The number of aliphatic hydroxyl groups is 1. The second kappa shape index (κ2) is 30.8. The van der Waals surface area contributed by atoms with Gasteiger partial charge in [0, 0.05) is 107 Å². The summed E-state index contributed by atoms with van der Waals surface area (Å²) in [7, 11) is -6.55. The van der Waals surface area contributed by atoms with Gasteiger partial charge in [-0.1, -0.05) is 12.1 Å². The molecular formula is C39H61N10O19P2S+. The number of thiocarbonyl (C=S) groups is 1. The standard InChI is InChI=1S/C39H60N10O19P2S/c50-32(51)20-43-7-8-44(21-33(52)53)11-12-46(23-35(56)57)15-16-49(25-37(60)61)31(19-47(24-36(58)59)14-13-45(10-9-43)22-34(54)55)17-28-1-3-29(4-2-28)42-38(71)40-6-5-30-18-48(27-41-30)26-39(62,67-69(63)64)68-70(65)66/h1-4,18,27,31,62-64H,5-17,19-26H2,(H8-,40,42,50,51,52,53,54,55,56,57,58,59,60,61,65,66,71)/p+1. The number of carboxylic acid groups (broad SMARTS) is 6. The highest BCUT2D eigenvalue weighted by Gasteiger charge is 2.43. The smallest absolute Gasteiger partial charge is 0.480 e. The first-order chi connectivity index (χ1) is 33.4. The first-order valence-electron chi connectivity index (χ1n) is 21.7. The molecule has 396 valence electrons. The Labute approximate surface area is 414 Å². The van der Waals surface area contributed by atoms with E-state index in [4.69, 9.17) is 26.9 Å². The van der Waals surface area contributed by atoms with E-state index in [1.54, 1.807) is 34.1 Å². The Bertz CT molecular complexity index is 2100. The fourth-order valence-electron chi connectivity index (χ4n) is 7.50. The molecule has 3 rings (SSSR count). The molecule has 0 aliphatic carbocycles. The van der Waals surface area contributed by atoms with Gasteiger partial charge in [-0.2, -0.15) is 0 Å². The van der Waals surface area contributed by atoms with Crippen molar-refractivity contribution in [1.29, 1.82) is 0 Å². The maximum atomic E-state index is 12.4. The molecule has 2 aromatic rings. The number of carbonyl (C=O) groups is 6. The Morgan fingerprint density at radius 2 is 1.14 bits per heavy atom. The number of rotatable bonds is 24. The first-order valence-corrected chi connectivity index (χ1v) is 24.4. The third-order valence-corrected chi connectivity index (χ3v) is 11.8. The van der Waals surface area contributed by atoms with Gasteiger partial charge in [0.15, 0.2) is 5.11 Å². The zero-order valence-corrected chi connectivity index (χ0v) is 41.0. The van der Waals surface area contributed by atoms with E-state index in [0.29, 0.717) is 23.4 Å². The van der Waals surface area contributed by atoms with Crippen LogP contribution in [0.15, 0.2) is 36.8 Å². The Morgan fingerprint density at radius 3 is 1.58 bits per heavy atom. The number of hydrogen-bond donors (Lipinski definition) is 12. The Hall–Kier alpha value is -5.01. The van der Waals surface area contributed by atoms with E-state index in [-0.39, 0.29) is 90.1 Å². The predicted molar refractivity (Wildman–Crippen MR) is 252 cm³/mol. The molecule has 1 fully saturated rings. The summed E-state index contributed by atoms with van der Waals surface area (Å²) in [6, 6.07) is 6.17. The van der Waals surface area contributed by atoms with E-state index in [1.807, 2.05) is 0 Å². The van der Waals surface area contributed by atoms with E-state index in [2.05, 4.69) is 24.7 Å². The van der Waals surface area contributed by atoms with Crippen molar-refractivity contribution < 1.29 is 92.8 Å². The van der Waals surface area contributed by atoms with Gasteiger partial charge in [0.25, 0.3) is 0 Å². The number of aliphatic carboxylic acids is 6. The largest absolute Gasteiger partial charge is 0.700 e. The molecule has 0 spiro atoms. The summed E-state index contributed by atoms with van der Waals surface area (Å²) in [6.07, 6.45) is 3.14. The molecule has 3 unspecified atom stereocenters. The molecule has 1 aromatic carbocycles. The SMILES string of the molecule is O=C(O)CN1CCN(CC(=O)O)CCN(CC(=O)O)CCN(CC(=O)O)C(Cc2ccc(NC(=S)NCCc3cn(CC(O)(OP(O)O)O[P+](=O)O)cn3)cc2)CN(CC(=O)O)CCN(CC(=O)O)CC1. The summed E-state index contributed by atoms with van der Waals surface area (Å²) >= 11 is 5.45. The second-order valence-corrected chi connectivity index (χ2v) is 18.0. The van der Waals surface area contributed by atoms with Crippen LogP contribution < -0.4 is 10.6 Å². The van der Waals surface area contributed by atoms with Crippen molar-refractivity contribution in [2.45, 2.75) is 31.4 Å². The fraction of sp³-hybridized carbons (Fsp3) is 0.590. The maximum absolute atomic E-state index is 12.4. The Morgan fingerprint density at radius 1 is 0.704 bits per heavy atom. The van der Waals surface area contributed by atoms with E-state index in [9.17, 15) is 69.1 Å². The van der Waals surface area contributed by atoms with Gasteiger partial charge >= 0.3 is 58.6 Å². The molecule has 0 radical (unpaired) electrons. The highest BCUT2D eigenvalue weighted by Crippen LogP contribution is 2.37. The van der Waals surface area contributed by atoms with Crippen molar-refractivity contribution in [2.24, 2.45) is 0 Å². The van der Waals surface area contributed by atoms with Gasteiger partial charge in [-0.25, -0.2) is 9.51 Å². The number of imidazole rings is 1. The van der Waals surface area contributed by atoms with Gasteiger partial charge in [-0.3, -0.25) is 58.2 Å². The summed E-state index contributed by atoms with van der Waals surface area (Å²) in [4.78, 5) is 113. The highest BCUT2D eigenvalue weighted by atomic mass is 32.1. The van der Waals surface area contributed by atoms with Gasteiger partial charge < -0.3 is 60.7 Å². The van der Waals surface area contributed by atoms with Crippen molar-refractivity contribution >= 4 is 75.7 Å². The number of aromatic nitrogens is 2. The minimum Gasteiger partial charge on any atom is -0.480 e. The molecule has 0 bridgehead atoms. The van der Waals surface area contributed by atoms with Crippen molar-refractivity contribution in [3.8, 4) is 0 Å². The van der Waals surface area contributed by atoms with Crippen LogP contribution in [0.4, 0.5) is 5.69 Å². The van der Waals surface area contributed by atoms with E-state index in [1.165, 1.54) is 36.7 Å². The topological polar surface area (TPSA) is 402 Å². The van der Waals surface area contributed by atoms with Crippen LogP contribution in [-0.2, 0) is 61.8 Å². The summed E-state index contributed by atoms with van der Waals surface area (Å²) in [5.41, 5.74) is 1.71. The van der Waals surface area contributed by atoms with Crippen molar-refractivity contribution in [1.82, 2.24) is 44.3 Å². The maximum Gasteiger partial charge on any atom is 0.700 e. The average molecular weight is 1070 g/mol. The molecule has 0 amide bonds.